The third-order valence-electron chi connectivity index (χ3n) is 4.35. The van der Waals surface area contributed by atoms with E-state index >= 15 is 0 Å². The van der Waals surface area contributed by atoms with Gasteiger partial charge in [-0.05, 0) is 44.1 Å². The summed E-state index contributed by atoms with van der Waals surface area (Å²) in [5.74, 6) is 0.775. The molecular formula is C18H23NO. The fourth-order valence-corrected chi connectivity index (χ4v) is 3.03. The molecule has 1 aliphatic carbocycles. The van der Waals surface area contributed by atoms with Crippen molar-refractivity contribution in [3.63, 3.8) is 0 Å². The van der Waals surface area contributed by atoms with Crippen molar-refractivity contribution in [2.75, 3.05) is 6.54 Å². The second-order valence-corrected chi connectivity index (χ2v) is 6.00. The Balaban J connectivity index is 1.59. The van der Waals surface area contributed by atoms with Crippen LogP contribution in [-0.4, -0.2) is 23.4 Å². The number of piperidine rings is 1. The molecule has 20 heavy (non-hydrogen) atoms. The number of benzene rings is 1. The van der Waals surface area contributed by atoms with Crippen LogP contribution in [-0.2, 0) is 4.79 Å². The molecule has 0 radical (unpaired) electrons. The lowest BCUT2D eigenvalue weighted by Crippen LogP contribution is -2.44. The first kappa shape index (κ1) is 13.4. The van der Waals surface area contributed by atoms with Gasteiger partial charge < -0.3 is 4.90 Å². The van der Waals surface area contributed by atoms with Crippen LogP contribution in [0.4, 0.5) is 0 Å². The van der Waals surface area contributed by atoms with Gasteiger partial charge in [-0.3, -0.25) is 4.79 Å². The maximum atomic E-state index is 12.3. The molecule has 0 N–H and O–H groups in total. The van der Waals surface area contributed by atoms with E-state index in [2.05, 4.69) is 41.3 Å². The van der Waals surface area contributed by atoms with Crippen LogP contribution in [0.25, 0.3) is 6.08 Å². The molecule has 1 saturated heterocycles. The summed E-state index contributed by atoms with van der Waals surface area (Å²) in [6, 6.07) is 10.8. The molecule has 0 bridgehead atoms. The van der Waals surface area contributed by atoms with E-state index < -0.39 is 0 Å². The van der Waals surface area contributed by atoms with E-state index in [1.807, 2.05) is 6.07 Å². The van der Waals surface area contributed by atoms with Crippen molar-refractivity contribution >= 4 is 12.0 Å². The van der Waals surface area contributed by atoms with Crippen LogP contribution in [0.5, 0.6) is 0 Å². The van der Waals surface area contributed by atoms with Crippen LogP contribution in [0, 0.1) is 5.92 Å². The maximum Gasteiger partial charge on any atom is 0.225 e. The Bertz CT molecular complexity index is 475. The standard InChI is InChI=1S/C18H23NO/c20-18(16-12-13-16)19-14-5-4-10-17(19)11-6-9-15-7-2-1-3-8-15/h1-3,6-9,16-17H,4-5,10-14H2. The summed E-state index contributed by atoms with van der Waals surface area (Å²) in [4.78, 5) is 14.5. The van der Waals surface area contributed by atoms with Gasteiger partial charge in [-0.25, -0.2) is 0 Å². The summed E-state index contributed by atoms with van der Waals surface area (Å²) in [7, 11) is 0. The first-order chi connectivity index (χ1) is 9.84. The topological polar surface area (TPSA) is 20.3 Å². The lowest BCUT2D eigenvalue weighted by Gasteiger charge is -2.35. The predicted octanol–water partition coefficient (Wildman–Crippen LogP) is 3.88. The molecule has 1 unspecified atom stereocenters. The molecule has 1 heterocycles. The van der Waals surface area contributed by atoms with Gasteiger partial charge in [0.2, 0.25) is 5.91 Å². The Labute approximate surface area is 121 Å². The molecule has 1 aromatic rings. The van der Waals surface area contributed by atoms with E-state index in [0.29, 0.717) is 17.9 Å². The van der Waals surface area contributed by atoms with Gasteiger partial charge in [-0.2, -0.15) is 0 Å². The SMILES string of the molecule is O=C(C1CC1)N1CCCCC1CC=Cc1ccccc1. The maximum absolute atomic E-state index is 12.3. The molecule has 106 valence electrons. The monoisotopic (exact) mass is 269 g/mol. The fourth-order valence-electron chi connectivity index (χ4n) is 3.03. The summed E-state index contributed by atoms with van der Waals surface area (Å²) in [5, 5.41) is 0. The highest BCUT2D eigenvalue weighted by molar-refractivity contribution is 5.81. The van der Waals surface area contributed by atoms with E-state index in [0.717, 1.165) is 32.2 Å². The zero-order valence-corrected chi connectivity index (χ0v) is 12.0. The quantitative estimate of drug-likeness (QED) is 0.812. The molecule has 0 aromatic heterocycles. The third-order valence-corrected chi connectivity index (χ3v) is 4.35. The first-order valence-electron chi connectivity index (χ1n) is 7.86. The highest BCUT2D eigenvalue weighted by Gasteiger charge is 2.36. The largest absolute Gasteiger partial charge is 0.339 e. The average Bonchev–Trinajstić information content (AvgIpc) is 3.33. The van der Waals surface area contributed by atoms with Crippen molar-refractivity contribution < 1.29 is 4.79 Å². The predicted molar refractivity (Wildman–Crippen MR) is 82.2 cm³/mol. The highest BCUT2D eigenvalue weighted by atomic mass is 16.2. The summed E-state index contributed by atoms with van der Waals surface area (Å²) in [6.07, 6.45) is 11.2. The number of nitrogens with zero attached hydrogens (tertiary/aromatic N) is 1. The molecule has 1 amide bonds. The number of carbonyl (C=O) groups is 1. The van der Waals surface area contributed by atoms with E-state index in [1.165, 1.54) is 18.4 Å². The van der Waals surface area contributed by atoms with Crippen LogP contribution in [0.2, 0.25) is 0 Å². The van der Waals surface area contributed by atoms with Gasteiger partial charge in [0, 0.05) is 18.5 Å². The van der Waals surface area contributed by atoms with Crippen molar-refractivity contribution in [1.82, 2.24) is 4.90 Å². The summed E-state index contributed by atoms with van der Waals surface area (Å²) >= 11 is 0. The summed E-state index contributed by atoms with van der Waals surface area (Å²) < 4.78 is 0. The molecule has 2 nitrogen and oxygen atoms in total. The van der Waals surface area contributed by atoms with Crippen LogP contribution in [0.3, 0.4) is 0 Å². The molecule has 2 fully saturated rings. The highest BCUT2D eigenvalue weighted by Crippen LogP contribution is 2.33. The van der Waals surface area contributed by atoms with Crippen LogP contribution < -0.4 is 0 Å². The van der Waals surface area contributed by atoms with E-state index in [4.69, 9.17) is 0 Å². The van der Waals surface area contributed by atoms with Crippen LogP contribution in [0.1, 0.15) is 44.1 Å². The number of likely N-dealkylation sites (tertiary alicyclic amines) is 1. The Hall–Kier alpha value is -1.57. The minimum atomic E-state index is 0.355. The lowest BCUT2D eigenvalue weighted by atomic mass is 9.98. The number of hydrogen-bond donors (Lipinski definition) is 0. The smallest absolute Gasteiger partial charge is 0.225 e. The van der Waals surface area contributed by atoms with Gasteiger partial charge >= 0.3 is 0 Å². The Kier molecular flexibility index (Phi) is 4.19. The van der Waals surface area contributed by atoms with Crippen molar-refractivity contribution in [2.24, 2.45) is 5.92 Å². The van der Waals surface area contributed by atoms with Crippen LogP contribution in [0.15, 0.2) is 36.4 Å². The molecule has 2 aliphatic rings. The molecule has 1 atom stereocenters. The molecule has 1 aliphatic heterocycles. The average molecular weight is 269 g/mol. The minimum absolute atomic E-state index is 0.355. The second-order valence-electron chi connectivity index (χ2n) is 6.00. The van der Waals surface area contributed by atoms with Crippen molar-refractivity contribution in [1.29, 1.82) is 0 Å². The zero-order chi connectivity index (χ0) is 13.8. The molecule has 3 rings (SSSR count). The Morgan fingerprint density at radius 3 is 2.70 bits per heavy atom. The van der Waals surface area contributed by atoms with Gasteiger partial charge in [0.15, 0.2) is 0 Å². The Morgan fingerprint density at radius 2 is 1.95 bits per heavy atom. The van der Waals surface area contributed by atoms with Crippen LogP contribution >= 0.6 is 0 Å². The zero-order valence-electron chi connectivity index (χ0n) is 12.0. The molecular weight excluding hydrogens is 246 g/mol. The Morgan fingerprint density at radius 1 is 1.15 bits per heavy atom. The third kappa shape index (κ3) is 3.30. The minimum Gasteiger partial charge on any atom is -0.339 e. The van der Waals surface area contributed by atoms with Gasteiger partial charge in [0.25, 0.3) is 0 Å². The van der Waals surface area contributed by atoms with E-state index in [9.17, 15) is 4.79 Å². The lowest BCUT2D eigenvalue weighted by molar-refractivity contribution is -0.136. The number of amides is 1. The molecule has 2 heteroatoms. The fraction of sp³-hybridized carbons (Fsp3) is 0.500. The molecule has 1 aromatic carbocycles. The summed E-state index contributed by atoms with van der Waals surface area (Å²) in [6.45, 7) is 0.971. The van der Waals surface area contributed by atoms with Crippen molar-refractivity contribution in [3.8, 4) is 0 Å². The number of carbonyl (C=O) groups excluding carboxylic acids is 1. The second kappa shape index (κ2) is 6.25. The number of rotatable bonds is 4. The van der Waals surface area contributed by atoms with Gasteiger partial charge in [0.1, 0.15) is 0 Å². The van der Waals surface area contributed by atoms with Gasteiger partial charge in [0.05, 0.1) is 0 Å². The van der Waals surface area contributed by atoms with E-state index in [-0.39, 0.29) is 0 Å². The van der Waals surface area contributed by atoms with Crippen molar-refractivity contribution in [3.05, 3.63) is 42.0 Å². The molecule has 1 saturated carbocycles. The summed E-state index contributed by atoms with van der Waals surface area (Å²) in [5.41, 5.74) is 1.24. The van der Waals surface area contributed by atoms with Crippen molar-refractivity contribution in [2.45, 2.75) is 44.6 Å². The van der Waals surface area contributed by atoms with Gasteiger partial charge in [-0.15, -0.1) is 0 Å². The van der Waals surface area contributed by atoms with E-state index in [1.54, 1.807) is 0 Å². The van der Waals surface area contributed by atoms with Gasteiger partial charge in [-0.1, -0.05) is 42.5 Å². The molecule has 0 spiro atoms. The normalized spacial score (nSPS) is 23.2. The first-order valence-corrected chi connectivity index (χ1v) is 7.86. The number of hydrogen-bond acceptors (Lipinski definition) is 1.